The Hall–Kier alpha value is -6.13. The van der Waals surface area contributed by atoms with Crippen LogP contribution < -0.4 is 37.7 Å². The summed E-state index contributed by atoms with van der Waals surface area (Å²) in [6.45, 7) is 4.33. The molecule has 58 heavy (non-hydrogen) atoms. The Morgan fingerprint density at radius 1 is 0.793 bits per heavy atom. The van der Waals surface area contributed by atoms with Crippen LogP contribution in [0.25, 0.3) is 11.0 Å². The highest BCUT2D eigenvalue weighted by Crippen LogP contribution is 2.38. The number of likely N-dealkylation sites (tertiary alicyclic amines) is 1. The maximum atomic E-state index is 13.5. The number of halogens is 2. The predicted octanol–water partition coefficient (Wildman–Crippen LogP) is 4.41. The second-order valence-corrected chi connectivity index (χ2v) is 15.3. The number of urea groups is 1. The van der Waals surface area contributed by atoms with Gasteiger partial charge in [-0.3, -0.25) is 19.6 Å². The predicted molar refractivity (Wildman–Crippen MR) is 212 cm³/mol. The number of hydrogen-bond donors (Lipinski definition) is 5. The molecule has 2 fully saturated rings. The van der Waals surface area contributed by atoms with Crippen molar-refractivity contribution in [2.24, 2.45) is 15.7 Å². The summed E-state index contributed by atoms with van der Waals surface area (Å²) in [7, 11) is 0. The molecule has 2 amide bonds. The quantitative estimate of drug-likeness (QED) is 0.175. The number of ketones is 2. The van der Waals surface area contributed by atoms with Crippen LogP contribution in [0.1, 0.15) is 70.4 Å². The number of rotatable bonds is 3. The molecule has 0 unspecified atom stereocenters. The summed E-state index contributed by atoms with van der Waals surface area (Å²) in [6.07, 6.45) is 4.02. The Morgan fingerprint density at radius 3 is 2.09 bits per heavy atom. The van der Waals surface area contributed by atoms with Crippen LogP contribution in [-0.4, -0.2) is 76.7 Å². The highest BCUT2D eigenvalue weighted by molar-refractivity contribution is 6.04. The van der Waals surface area contributed by atoms with E-state index < -0.39 is 5.82 Å². The van der Waals surface area contributed by atoms with Crippen LogP contribution >= 0.6 is 0 Å². The Labute approximate surface area is 332 Å². The number of Topliss-reactive ketones (excluding diaryl/α,β-unsaturated/α-hetero) is 2. The molecule has 5 aromatic rings. The topological polar surface area (TPSA) is 192 Å². The second kappa shape index (κ2) is 16.4. The molecular formula is C42H44F2N10O4. The molecule has 300 valence electrons. The number of amides is 2. The Kier molecular flexibility index (Phi) is 10.9. The zero-order chi connectivity index (χ0) is 40.3. The van der Waals surface area contributed by atoms with Crippen molar-refractivity contribution in [3.05, 3.63) is 117 Å². The molecule has 4 aromatic carbocycles. The normalized spacial score (nSPS) is 18.2. The lowest BCUT2D eigenvalue weighted by Crippen LogP contribution is -2.55. The van der Waals surface area contributed by atoms with E-state index in [1.807, 2.05) is 36.4 Å². The van der Waals surface area contributed by atoms with Crippen molar-refractivity contribution in [2.45, 2.75) is 62.7 Å². The van der Waals surface area contributed by atoms with E-state index in [4.69, 9.17) is 5.73 Å². The molecule has 5 aliphatic rings. The highest BCUT2D eigenvalue weighted by atomic mass is 19.1. The van der Waals surface area contributed by atoms with Crippen molar-refractivity contribution in [3.63, 3.8) is 0 Å². The fraction of sp³-hybridized carbons (Fsp3) is 0.357. The van der Waals surface area contributed by atoms with Crippen LogP contribution in [0.4, 0.5) is 25.0 Å². The summed E-state index contributed by atoms with van der Waals surface area (Å²) in [5, 5.41) is 22.3. The highest BCUT2D eigenvalue weighted by Gasteiger charge is 2.42. The average molecular weight is 791 g/mol. The van der Waals surface area contributed by atoms with Gasteiger partial charge in [-0.2, -0.15) is 0 Å². The lowest BCUT2D eigenvalue weighted by Gasteiger charge is -2.45. The average Bonchev–Trinajstić information content (AvgIpc) is 3.92. The van der Waals surface area contributed by atoms with Crippen LogP contribution in [0.5, 0.6) is 0 Å². The number of anilines is 2. The number of carbonyl (C=O) groups excluding carboxylic acids is 3. The molecule has 10 rings (SSSR count). The fourth-order valence-corrected chi connectivity index (χ4v) is 8.27. The molecular weight excluding hydrogens is 747 g/mol. The van der Waals surface area contributed by atoms with E-state index in [0.29, 0.717) is 75.3 Å². The number of nitrogens with two attached hydrogens (primary N) is 1. The van der Waals surface area contributed by atoms with Crippen molar-refractivity contribution in [1.82, 2.24) is 25.8 Å². The van der Waals surface area contributed by atoms with E-state index in [1.165, 1.54) is 24.3 Å². The molecule has 0 aliphatic carbocycles. The number of fused-ring (bicyclic) bond motifs is 4. The number of nitrogens with one attached hydrogen (secondary N) is 4. The first-order valence-corrected chi connectivity index (χ1v) is 19.5. The van der Waals surface area contributed by atoms with Gasteiger partial charge in [0.05, 0.1) is 10.7 Å². The van der Waals surface area contributed by atoms with E-state index in [0.717, 1.165) is 64.5 Å². The summed E-state index contributed by atoms with van der Waals surface area (Å²) in [6, 6.07) is 20.0. The van der Waals surface area contributed by atoms with Crippen molar-refractivity contribution < 1.29 is 27.8 Å². The monoisotopic (exact) mass is 790 g/mol. The Balaban J connectivity index is 0.000000140. The Morgan fingerprint density at radius 2 is 1.43 bits per heavy atom. The lowest BCUT2D eigenvalue weighted by molar-refractivity contribution is 0.0911. The largest absolute Gasteiger partial charge is 0.378 e. The first-order chi connectivity index (χ1) is 28.1. The first kappa shape index (κ1) is 38.7. The number of aromatic nitrogens is 2. The zero-order valence-electron chi connectivity index (χ0n) is 31.8. The van der Waals surface area contributed by atoms with Crippen LogP contribution in [0.3, 0.4) is 0 Å². The molecule has 0 radical (unpaired) electrons. The molecule has 1 aromatic heterocycles. The van der Waals surface area contributed by atoms with Crippen molar-refractivity contribution in [2.75, 3.05) is 43.5 Å². The van der Waals surface area contributed by atoms with Gasteiger partial charge in [-0.15, -0.1) is 0 Å². The van der Waals surface area contributed by atoms with E-state index in [-0.39, 0.29) is 34.5 Å². The molecule has 2 spiro atoms. The van der Waals surface area contributed by atoms with Gasteiger partial charge in [-0.05, 0) is 115 Å². The molecule has 0 atom stereocenters. The maximum absolute atomic E-state index is 13.5. The number of piperidine rings is 2. The second-order valence-electron chi connectivity index (χ2n) is 15.3. The smallest absolute Gasteiger partial charge is 0.317 e. The van der Waals surface area contributed by atoms with Crippen LogP contribution in [0.2, 0.25) is 0 Å². The number of nitrogens with zero attached hydrogens (tertiary/aromatic N) is 5. The molecule has 0 bridgehead atoms. The summed E-state index contributed by atoms with van der Waals surface area (Å²) >= 11 is 0. The minimum Gasteiger partial charge on any atom is -0.378 e. The van der Waals surface area contributed by atoms with Gasteiger partial charge < -0.3 is 31.9 Å². The van der Waals surface area contributed by atoms with Gasteiger partial charge in [0.1, 0.15) is 29.3 Å². The molecule has 2 saturated heterocycles. The van der Waals surface area contributed by atoms with Crippen molar-refractivity contribution >= 4 is 40.0 Å². The fourth-order valence-electron chi connectivity index (χ4n) is 8.27. The third-order valence-electron chi connectivity index (χ3n) is 11.5. The third-order valence-corrected chi connectivity index (χ3v) is 11.5. The zero-order valence-corrected chi connectivity index (χ0v) is 31.8. The van der Waals surface area contributed by atoms with Gasteiger partial charge in [0.2, 0.25) is 0 Å². The van der Waals surface area contributed by atoms with Crippen molar-refractivity contribution in [3.8, 4) is 0 Å². The van der Waals surface area contributed by atoms with Gasteiger partial charge in [0.25, 0.3) is 0 Å². The lowest BCUT2D eigenvalue weighted by atomic mass is 9.78. The molecule has 14 nitrogen and oxygen atoms in total. The summed E-state index contributed by atoms with van der Waals surface area (Å²) < 4.78 is 31.1. The van der Waals surface area contributed by atoms with E-state index in [9.17, 15) is 23.2 Å². The SMILES string of the molecule is NCc1cccc2nonc12.O=C1CC2(CCN(C(=O)NCc3ccc4c(c3)=NCN=4)CC2)Nc2ccc(F)cc21.O=C1CC2(CCNCC2)Nc2ccc(F)cc21. The number of carbonyl (C=O) groups is 3. The van der Waals surface area contributed by atoms with E-state index in [1.54, 1.807) is 17.0 Å². The van der Waals surface area contributed by atoms with E-state index in [2.05, 4.69) is 46.2 Å². The molecule has 0 saturated carbocycles. The van der Waals surface area contributed by atoms with Crippen LogP contribution in [-0.2, 0) is 13.1 Å². The van der Waals surface area contributed by atoms with Gasteiger partial charge in [-0.1, -0.05) is 18.2 Å². The van der Waals surface area contributed by atoms with Gasteiger partial charge in [0.15, 0.2) is 11.6 Å². The van der Waals surface area contributed by atoms with Gasteiger partial charge >= 0.3 is 6.03 Å². The van der Waals surface area contributed by atoms with Crippen LogP contribution in [0, 0.1) is 11.6 Å². The van der Waals surface area contributed by atoms with Crippen LogP contribution in [0.15, 0.2) is 87.4 Å². The number of benzene rings is 4. The molecule has 5 aliphatic heterocycles. The van der Waals surface area contributed by atoms with Crippen molar-refractivity contribution in [1.29, 1.82) is 0 Å². The molecule has 16 heteroatoms. The summed E-state index contributed by atoms with van der Waals surface area (Å²) in [5.41, 5.74) is 10.8. The van der Waals surface area contributed by atoms with Gasteiger partial charge in [0, 0.05) is 72.6 Å². The Bertz CT molecular complexity index is 2500. The first-order valence-electron chi connectivity index (χ1n) is 19.5. The summed E-state index contributed by atoms with van der Waals surface area (Å²) in [4.78, 5) is 47.6. The molecule has 6 N–H and O–H groups in total. The molecule has 6 heterocycles. The maximum Gasteiger partial charge on any atom is 0.317 e. The summed E-state index contributed by atoms with van der Waals surface area (Å²) in [5.74, 6) is -0.743. The minimum absolute atomic E-state index is 0.0464. The minimum atomic E-state index is -0.405. The standard InChI is InChI=1S/C22H22FN5O2.C13H15FN2O.C7H7N3O/c23-15-2-4-17-16(10-15)20(29)11-22(27-17)5-7-28(8-6-22)21(30)24-12-14-1-3-18-19(9-14)26-13-25-18;14-9-1-2-11-10(7-9)12(17)8-13(16-11)3-5-15-6-4-13;8-4-5-2-1-3-6-7(5)10-11-9-6/h1-4,9-10,27H,5-8,11-13H2,(H,24,30);1-2,7,15-16H,3-6,8H2;1-3H,4,8H2. The van der Waals surface area contributed by atoms with Gasteiger partial charge in [-0.25, -0.2) is 18.2 Å². The number of hydrogen-bond acceptors (Lipinski definition) is 12. The van der Waals surface area contributed by atoms with E-state index >= 15 is 0 Å². The third kappa shape index (κ3) is 8.29.